The monoisotopic (exact) mass is 756 g/mol. The number of hydrogen-bond donors (Lipinski definition) is 0. The Morgan fingerprint density at radius 3 is 2.27 bits per heavy atom. The smallest absolute Gasteiger partial charge is 0.137 e. The van der Waals surface area contributed by atoms with Gasteiger partial charge in [-0.25, -0.2) is 0 Å². The molecule has 6 aromatic carbocycles. The molecule has 8 aromatic rings. The molecule has 12 rings (SSSR count). The molecule has 0 spiro atoms. The second-order valence-corrected chi connectivity index (χ2v) is 16.2. The van der Waals surface area contributed by atoms with Gasteiger partial charge in [-0.05, 0) is 144 Å². The summed E-state index contributed by atoms with van der Waals surface area (Å²) >= 11 is 0. The lowest BCUT2D eigenvalue weighted by molar-refractivity contribution is 0.669. The van der Waals surface area contributed by atoms with Crippen molar-refractivity contribution in [2.45, 2.75) is 31.6 Å². The topological polar surface area (TPSA) is 21.3 Å². The Kier molecular flexibility index (Phi) is 7.53. The lowest BCUT2D eigenvalue weighted by Crippen LogP contribution is -2.31. The molecule has 2 atom stereocenters. The second kappa shape index (κ2) is 13.1. The lowest BCUT2D eigenvalue weighted by atomic mass is 9.63. The number of para-hydroxylation sites is 3. The van der Waals surface area contributed by atoms with Crippen LogP contribution in [-0.4, -0.2) is 4.57 Å². The third-order valence-corrected chi connectivity index (χ3v) is 13.0. The van der Waals surface area contributed by atoms with Crippen LogP contribution in [0.2, 0.25) is 0 Å². The maximum Gasteiger partial charge on any atom is 0.137 e. The zero-order valence-corrected chi connectivity index (χ0v) is 32.8. The molecular formula is C56H40N2O. The molecule has 59 heavy (non-hydrogen) atoms. The van der Waals surface area contributed by atoms with Crippen LogP contribution in [0, 0.1) is 5.92 Å². The molecule has 4 aliphatic carbocycles. The van der Waals surface area contributed by atoms with E-state index >= 15 is 0 Å². The molecule has 0 saturated carbocycles. The third kappa shape index (κ3) is 4.96. The average Bonchev–Trinajstić information content (AvgIpc) is 3.94. The molecule has 2 heterocycles. The van der Waals surface area contributed by atoms with E-state index in [4.69, 9.17) is 4.42 Å². The van der Waals surface area contributed by atoms with E-state index in [2.05, 4.69) is 198 Å². The number of aromatic nitrogens is 1. The maximum absolute atomic E-state index is 6.55. The van der Waals surface area contributed by atoms with Crippen LogP contribution in [-0.2, 0) is 5.41 Å². The van der Waals surface area contributed by atoms with E-state index in [0.29, 0.717) is 5.92 Å². The van der Waals surface area contributed by atoms with E-state index in [1.165, 1.54) is 55.2 Å². The van der Waals surface area contributed by atoms with E-state index < -0.39 is 5.41 Å². The van der Waals surface area contributed by atoms with Crippen LogP contribution in [0.3, 0.4) is 0 Å². The molecule has 2 aromatic heterocycles. The van der Waals surface area contributed by atoms with Gasteiger partial charge >= 0.3 is 0 Å². The van der Waals surface area contributed by atoms with Crippen molar-refractivity contribution in [3.8, 4) is 5.69 Å². The van der Waals surface area contributed by atoms with Gasteiger partial charge in [0.1, 0.15) is 11.2 Å². The first kappa shape index (κ1) is 33.8. The number of rotatable bonds is 6. The van der Waals surface area contributed by atoms with Crippen molar-refractivity contribution in [1.29, 1.82) is 0 Å². The van der Waals surface area contributed by atoms with Gasteiger partial charge in [0.25, 0.3) is 0 Å². The number of nitrogens with zero attached hydrogens (tertiary/aromatic N) is 2. The Balaban J connectivity index is 1.13. The first-order valence-electron chi connectivity index (χ1n) is 20.8. The standard InChI is InChI=1S/C56H40N2O/c1-37-16-15-25-49-55(37)47-32-29-42(35-50(47)56(49,38-17-5-2-6-18-38)39-19-7-3-8-20-39)57(43-28-31-46-45-24-12-14-27-53(45)59-54(46)36-43)41-30-33-52-48(34-41)44-23-11-13-26-51(44)58(52)40-21-9-4-10-22-40/h4-5,7,9-15,17-37H,2,6,16H2,1H3. The van der Waals surface area contributed by atoms with E-state index in [9.17, 15) is 0 Å². The summed E-state index contributed by atoms with van der Waals surface area (Å²) in [6.45, 7) is 2.39. The zero-order chi connectivity index (χ0) is 39.1. The van der Waals surface area contributed by atoms with Gasteiger partial charge in [-0.1, -0.05) is 109 Å². The van der Waals surface area contributed by atoms with Crippen molar-refractivity contribution in [2.75, 3.05) is 4.90 Å². The Labute approximate surface area is 343 Å². The molecule has 280 valence electrons. The number of hydrogen-bond acceptors (Lipinski definition) is 2. The van der Waals surface area contributed by atoms with Crippen molar-refractivity contribution >= 4 is 66.4 Å². The van der Waals surface area contributed by atoms with Crippen molar-refractivity contribution in [1.82, 2.24) is 4.57 Å². The van der Waals surface area contributed by atoms with Gasteiger partial charge in [-0.3, -0.25) is 0 Å². The summed E-state index contributed by atoms with van der Waals surface area (Å²) in [6.07, 6.45) is 21.5. The summed E-state index contributed by atoms with van der Waals surface area (Å²) in [7, 11) is 0. The largest absolute Gasteiger partial charge is 0.456 e. The van der Waals surface area contributed by atoms with Crippen LogP contribution < -0.4 is 4.90 Å². The number of anilines is 3. The minimum absolute atomic E-state index is 0.393. The van der Waals surface area contributed by atoms with Gasteiger partial charge in [0.15, 0.2) is 0 Å². The molecule has 0 saturated heterocycles. The van der Waals surface area contributed by atoms with Crippen molar-refractivity contribution < 1.29 is 4.42 Å². The van der Waals surface area contributed by atoms with E-state index in [-0.39, 0.29) is 0 Å². The molecule has 0 N–H and O–H groups in total. The highest BCUT2D eigenvalue weighted by molar-refractivity contribution is 6.11. The van der Waals surface area contributed by atoms with Gasteiger partial charge in [-0.15, -0.1) is 0 Å². The average molecular weight is 757 g/mol. The minimum atomic E-state index is -0.490. The Morgan fingerprint density at radius 1 is 0.644 bits per heavy atom. The first-order valence-corrected chi connectivity index (χ1v) is 20.8. The molecule has 0 fully saturated rings. The van der Waals surface area contributed by atoms with Gasteiger partial charge < -0.3 is 13.9 Å². The highest BCUT2D eigenvalue weighted by Crippen LogP contribution is 2.60. The van der Waals surface area contributed by atoms with Crippen LogP contribution in [0.15, 0.2) is 215 Å². The normalized spacial score (nSPS) is 19.2. The van der Waals surface area contributed by atoms with Gasteiger partial charge in [0.2, 0.25) is 0 Å². The predicted molar refractivity (Wildman–Crippen MR) is 245 cm³/mol. The number of fused-ring (bicyclic) bond motifs is 8. The fraction of sp³-hybridized carbons (Fsp3) is 0.107. The Morgan fingerprint density at radius 2 is 1.41 bits per heavy atom. The highest BCUT2D eigenvalue weighted by atomic mass is 16.3. The summed E-state index contributed by atoms with van der Waals surface area (Å²) in [6, 6.07) is 48.6. The molecule has 3 nitrogen and oxygen atoms in total. The van der Waals surface area contributed by atoms with Crippen LogP contribution in [0.1, 0.15) is 37.3 Å². The molecule has 0 bridgehead atoms. The molecule has 4 aliphatic rings. The van der Waals surface area contributed by atoms with Gasteiger partial charge in [0.05, 0.1) is 16.4 Å². The quantitative estimate of drug-likeness (QED) is 0.158. The summed E-state index contributed by atoms with van der Waals surface area (Å²) < 4.78 is 8.93. The molecule has 3 heteroatoms. The van der Waals surface area contributed by atoms with E-state index in [1.54, 1.807) is 0 Å². The Hall–Kier alpha value is -7.28. The fourth-order valence-electron chi connectivity index (χ4n) is 10.5. The van der Waals surface area contributed by atoms with E-state index in [1.807, 2.05) is 12.1 Å². The van der Waals surface area contributed by atoms with Gasteiger partial charge in [-0.2, -0.15) is 0 Å². The maximum atomic E-state index is 6.55. The second-order valence-electron chi connectivity index (χ2n) is 16.2. The summed E-state index contributed by atoms with van der Waals surface area (Å²) in [4.78, 5) is 2.43. The summed E-state index contributed by atoms with van der Waals surface area (Å²) in [5, 5.41) is 4.67. The van der Waals surface area contributed by atoms with Crippen molar-refractivity contribution in [3.05, 3.63) is 221 Å². The highest BCUT2D eigenvalue weighted by Gasteiger charge is 2.50. The van der Waals surface area contributed by atoms with Gasteiger partial charge in [0, 0.05) is 50.4 Å². The minimum Gasteiger partial charge on any atom is -0.456 e. The van der Waals surface area contributed by atoms with Crippen molar-refractivity contribution in [2.24, 2.45) is 5.92 Å². The lowest BCUT2D eigenvalue weighted by Gasteiger charge is -2.38. The summed E-state index contributed by atoms with van der Waals surface area (Å²) in [5.41, 5.74) is 22.6. The number of benzene rings is 6. The van der Waals surface area contributed by atoms with Crippen LogP contribution in [0.25, 0.3) is 55.0 Å². The molecule has 0 aliphatic heterocycles. The molecule has 0 amide bonds. The number of furan rings is 1. The van der Waals surface area contributed by atoms with Crippen LogP contribution >= 0.6 is 0 Å². The Bertz CT molecular complexity index is 3350. The zero-order valence-electron chi connectivity index (χ0n) is 32.8. The molecular weight excluding hydrogens is 717 g/mol. The van der Waals surface area contributed by atoms with Crippen molar-refractivity contribution in [3.63, 3.8) is 0 Å². The van der Waals surface area contributed by atoms with Crippen LogP contribution in [0.4, 0.5) is 17.1 Å². The molecule has 2 unspecified atom stereocenters. The SMILES string of the molecule is CC1CC=CC2=C1c1ccc(N(c3ccc4c(c3)oc3ccccc34)c3ccc4c(c3)c3ccccc3n4-c3ccccc3)cc1C2(C1=CC=C=C=C1)C1=CCCC=C1. The fourth-order valence-corrected chi connectivity index (χ4v) is 10.5. The summed E-state index contributed by atoms with van der Waals surface area (Å²) in [5.74, 6) is 0.393. The first-order chi connectivity index (χ1) is 29.2. The predicted octanol–water partition coefficient (Wildman–Crippen LogP) is 14.8. The number of allylic oxidation sites excluding steroid dienone is 12. The molecule has 0 radical (unpaired) electrons. The van der Waals surface area contributed by atoms with Crippen LogP contribution in [0.5, 0.6) is 0 Å². The van der Waals surface area contributed by atoms with E-state index in [0.717, 1.165) is 64.0 Å². The third-order valence-electron chi connectivity index (χ3n) is 13.0.